The third kappa shape index (κ3) is 2.58. The molecule has 3 heterocycles. The summed E-state index contributed by atoms with van der Waals surface area (Å²) >= 11 is 0. The normalized spacial score (nSPS) is 17.2. The van der Waals surface area contributed by atoms with Gasteiger partial charge in [-0.2, -0.15) is 4.98 Å². The second kappa shape index (κ2) is 5.96. The molecule has 1 atom stereocenters. The molecule has 3 aromatic rings. The zero-order valence-corrected chi connectivity index (χ0v) is 14.6. The van der Waals surface area contributed by atoms with Crippen LogP contribution in [-0.2, 0) is 13.0 Å². The maximum absolute atomic E-state index is 5.74. The highest BCUT2D eigenvalue weighted by Gasteiger charge is 2.21. The van der Waals surface area contributed by atoms with Gasteiger partial charge < -0.3 is 14.3 Å². The average molecular weight is 324 g/mol. The van der Waals surface area contributed by atoms with Crippen LogP contribution in [0.25, 0.3) is 22.4 Å². The van der Waals surface area contributed by atoms with Crippen LogP contribution in [-0.4, -0.2) is 21.1 Å². The minimum atomic E-state index is 0.596. The Bertz CT molecular complexity index is 877. The van der Waals surface area contributed by atoms with Crippen molar-refractivity contribution < 1.29 is 4.42 Å². The topological polar surface area (TPSA) is 55.9 Å². The number of rotatable bonds is 4. The maximum Gasteiger partial charge on any atom is 0.295 e. The molecule has 1 N–H and O–H groups in total. The lowest BCUT2D eigenvalue weighted by atomic mass is 10.0. The Hall–Kier alpha value is -2.30. The first kappa shape index (κ1) is 15.2. The van der Waals surface area contributed by atoms with Crippen LogP contribution in [0.15, 0.2) is 22.6 Å². The number of nitrogens with one attached hydrogen (secondary N) is 1. The predicted octanol–water partition coefficient (Wildman–Crippen LogP) is 4.40. The van der Waals surface area contributed by atoms with E-state index in [1.165, 1.54) is 17.9 Å². The zero-order valence-electron chi connectivity index (χ0n) is 14.6. The fourth-order valence-corrected chi connectivity index (χ4v) is 3.46. The second-order valence-corrected chi connectivity index (χ2v) is 6.84. The standard InChI is InChI=1S/C19H24N4O/c1-4-8-20-19-21-15-11-14(5-6-16(15)24-19)18-13(3)23-9-7-12(2)10-17(23)22-18/h5-6,11-12H,4,7-10H2,1-3H3,(H,20,21). The van der Waals surface area contributed by atoms with Gasteiger partial charge in [0.15, 0.2) is 5.58 Å². The van der Waals surface area contributed by atoms with Crippen molar-refractivity contribution in [3.63, 3.8) is 0 Å². The van der Waals surface area contributed by atoms with Gasteiger partial charge in [-0.25, -0.2) is 4.98 Å². The Morgan fingerprint density at radius 1 is 1.33 bits per heavy atom. The van der Waals surface area contributed by atoms with Crippen molar-refractivity contribution in [1.29, 1.82) is 0 Å². The number of oxazole rings is 1. The maximum atomic E-state index is 5.74. The molecule has 0 aliphatic carbocycles. The van der Waals surface area contributed by atoms with Gasteiger partial charge in [0, 0.05) is 30.8 Å². The van der Waals surface area contributed by atoms with Gasteiger partial charge in [-0.1, -0.05) is 13.8 Å². The second-order valence-electron chi connectivity index (χ2n) is 6.84. The van der Waals surface area contributed by atoms with E-state index in [0.29, 0.717) is 6.01 Å². The lowest BCUT2D eigenvalue weighted by Gasteiger charge is -2.20. The number of hydrogen-bond acceptors (Lipinski definition) is 4. The first-order valence-electron chi connectivity index (χ1n) is 8.86. The highest BCUT2D eigenvalue weighted by molar-refractivity contribution is 5.81. The molecule has 0 radical (unpaired) electrons. The first-order valence-corrected chi connectivity index (χ1v) is 8.86. The van der Waals surface area contributed by atoms with E-state index >= 15 is 0 Å². The molecule has 5 heteroatoms. The Morgan fingerprint density at radius 2 is 2.21 bits per heavy atom. The van der Waals surface area contributed by atoms with Crippen molar-refractivity contribution >= 4 is 17.1 Å². The van der Waals surface area contributed by atoms with Crippen LogP contribution in [0.3, 0.4) is 0 Å². The molecule has 24 heavy (non-hydrogen) atoms. The van der Waals surface area contributed by atoms with E-state index < -0.39 is 0 Å². The number of imidazole rings is 1. The molecule has 1 unspecified atom stereocenters. The smallest absolute Gasteiger partial charge is 0.295 e. The first-order chi connectivity index (χ1) is 11.7. The van der Waals surface area contributed by atoms with Crippen LogP contribution in [0.4, 0.5) is 6.01 Å². The van der Waals surface area contributed by atoms with Gasteiger partial charge in [0.2, 0.25) is 0 Å². The third-order valence-electron chi connectivity index (χ3n) is 4.86. The summed E-state index contributed by atoms with van der Waals surface area (Å²) in [5.41, 5.74) is 5.14. The lowest BCUT2D eigenvalue weighted by molar-refractivity contribution is 0.405. The van der Waals surface area contributed by atoms with Crippen LogP contribution >= 0.6 is 0 Å². The molecular weight excluding hydrogens is 300 g/mol. The molecule has 1 aromatic carbocycles. The molecule has 2 aromatic heterocycles. The summed E-state index contributed by atoms with van der Waals surface area (Å²) in [6.45, 7) is 8.54. The molecule has 126 valence electrons. The van der Waals surface area contributed by atoms with Crippen LogP contribution in [0.5, 0.6) is 0 Å². The summed E-state index contributed by atoms with van der Waals surface area (Å²) in [5, 5.41) is 3.20. The molecule has 0 spiro atoms. The fraction of sp³-hybridized carbons (Fsp3) is 0.474. The Morgan fingerprint density at radius 3 is 3.04 bits per heavy atom. The van der Waals surface area contributed by atoms with Gasteiger partial charge in [0.25, 0.3) is 6.01 Å². The van der Waals surface area contributed by atoms with Gasteiger partial charge in [-0.15, -0.1) is 0 Å². The Kier molecular flexibility index (Phi) is 3.79. The average Bonchev–Trinajstić information content (AvgIpc) is 3.12. The van der Waals surface area contributed by atoms with Crippen molar-refractivity contribution in [2.24, 2.45) is 5.92 Å². The highest BCUT2D eigenvalue weighted by atomic mass is 16.4. The molecule has 0 bridgehead atoms. The van der Waals surface area contributed by atoms with E-state index in [1.807, 2.05) is 6.07 Å². The molecule has 1 aliphatic rings. The van der Waals surface area contributed by atoms with Crippen molar-refractivity contribution in [2.75, 3.05) is 11.9 Å². The van der Waals surface area contributed by atoms with Gasteiger partial charge in [-0.3, -0.25) is 0 Å². The molecule has 5 nitrogen and oxygen atoms in total. The zero-order chi connectivity index (χ0) is 16.7. The molecular formula is C19H24N4O. The fourth-order valence-electron chi connectivity index (χ4n) is 3.46. The molecule has 4 rings (SSSR count). The van der Waals surface area contributed by atoms with Gasteiger partial charge in [-0.05, 0) is 43.9 Å². The number of hydrogen-bond donors (Lipinski definition) is 1. The monoisotopic (exact) mass is 324 g/mol. The predicted molar refractivity (Wildman–Crippen MR) is 96.2 cm³/mol. The summed E-state index contributed by atoms with van der Waals surface area (Å²) < 4.78 is 8.11. The SMILES string of the molecule is CCCNc1nc2cc(-c3nc4n(c3C)CCC(C)C4)ccc2o1. The summed E-state index contributed by atoms with van der Waals surface area (Å²) in [6, 6.07) is 6.76. The minimum Gasteiger partial charge on any atom is -0.424 e. The third-order valence-corrected chi connectivity index (χ3v) is 4.86. The number of anilines is 1. The van der Waals surface area contributed by atoms with E-state index in [0.717, 1.165) is 54.2 Å². The van der Waals surface area contributed by atoms with E-state index in [-0.39, 0.29) is 0 Å². The highest BCUT2D eigenvalue weighted by Crippen LogP contribution is 2.31. The van der Waals surface area contributed by atoms with E-state index in [4.69, 9.17) is 9.40 Å². The molecule has 1 aliphatic heterocycles. The molecule has 0 amide bonds. The minimum absolute atomic E-state index is 0.596. The number of fused-ring (bicyclic) bond motifs is 2. The van der Waals surface area contributed by atoms with Crippen LogP contribution < -0.4 is 5.32 Å². The molecule has 0 fully saturated rings. The summed E-state index contributed by atoms with van der Waals surface area (Å²) in [4.78, 5) is 9.47. The van der Waals surface area contributed by atoms with E-state index in [2.05, 4.69) is 47.8 Å². The van der Waals surface area contributed by atoms with E-state index in [9.17, 15) is 0 Å². The number of benzene rings is 1. The van der Waals surface area contributed by atoms with Crippen LogP contribution in [0.2, 0.25) is 0 Å². The van der Waals surface area contributed by atoms with Crippen molar-refractivity contribution in [3.05, 3.63) is 29.7 Å². The van der Waals surface area contributed by atoms with E-state index in [1.54, 1.807) is 0 Å². The Balaban J connectivity index is 1.71. The van der Waals surface area contributed by atoms with Crippen molar-refractivity contribution in [3.8, 4) is 11.3 Å². The molecule has 0 saturated heterocycles. The lowest BCUT2D eigenvalue weighted by Crippen LogP contribution is -2.17. The van der Waals surface area contributed by atoms with Crippen LogP contribution in [0.1, 0.15) is 38.2 Å². The number of nitrogens with zero attached hydrogens (tertiary/aromatic N) is 3. The quantitative estimate of drug-likeness (QED) is 0.772. The summed E-state index contributed by atoms with van der Waals surface area (Å²) in [7, 11) is 0. The summed E-state index contributed by atoms with van der Waals surface area (Å²) in [6.07, 6.45) is 3.35. The van der Waals surface area contributed by atoms with Gasteiger partial charge in [0.1, 0.15) is 11.3 Å². The van der Waals surface area contributed by atoms with Crippen molar-refractivity contribution in [2.45, 2.75) is 46.6 Å². The Labute approximate surface area is 142 Å². The number of aromatic nitrogens is 3. The summed E-state index contributed by atoms with van der Waals surface area (Å²) in [5.74, 6) is 1.93. The van der Waals surface area contributed by atoms with Gasteiger partial charge >= 0.3 is 0 Å². The van der Waals surface area contributed by atoms with Crippen molar-refractivity contribution in [1.82, 2.24) is 14.5 Å². The van der Waals surface area contributed by atoms with Crippen LogP contribution in [0, 0.1) is 12.8 Å². The van der Waals surface area contributed by atoms with Gasteiger partial charge in [0.05, 0.1) is 5.69 Å². The largest absolute Gasteiger partial charge is 0.424 e. The molecule has 0 saturated carbocycles.